The molecule has 0 aromatic heterocycles. The van der Waals surface area contributed by atoms with Crippen LogP contribution in [0.2, 0.25) is 0 Å². The minimum atomic E-state index is -4.41. The number of nitrogens with two attached hydrogens (primary N) is 1. The lowest BCUT2D eigenvalue weighted by Crippen LogP contribution is -2.29. The lowest BCUT2D eigenvalue weighted by molar-refractivity contribution is -0.161. The number of phosphoric ester groups is 1. The van der Waals surface area contributed by atoms with Gasteiger partial charge in [-0.05, 0) is 89.9 Å². The SMILES string of the molecule is CC/C=C/C/C=C/C/C=C/C/C=C/C/C=C/C/C=C/CCC(=O)OC[C@H](COP(=O)(O)OCCN)OC(=O)CCCC/C=C/C/C=C/C/C=C/C/C=C/CC. The van der Waals surface area contributed by atoms with Gasteiger partial charge >= 0.3 is 19.8 Å². The fraction of sp³-hybridized carbons (Fsp3) is 0.511. The number of allylic oxidation sites excluding steroid dienone is 20. The van der Waals surface area contributed by atoms with Gasteiger partial charge in [0.05, 0.1) is 13.2 Å². The highest BCUT2D eigenvalue weighted by Gasteiger charge is 2.25. The quantitative estimate of drug-likeness (QED) is 0.0279. The van der Waals surface area contributed by atoms with Crippen LogP contribution in [0.1, 0.15) is 117 Å². The fourth-order valence-electron chi connectivity index (χ4n) is 4.47. The third-order valence-corrected chi connectivity index (χ3v) is 8.34. The van der Waals surface area contributed by atoms with Gasteiger partial charge < -0.3 is 20.1 Å². The summed E-state index contributed by atoms with van der Waals surface area (Å²) in [5.41, 5.74) is 5.33. The first-order valence-corrected chi connectivity index (χ1v) is 21.5. The first-order valence-electron chi connectivity index (χ1n) is 20.0. The maximum atomic E-state index is 12.5. The molecule has 55 heavy (non-hydrogen) atoms. The van der Waals surface area contributed by atoms with Gasteiger partial charge in [0.2, 0.25) is 0 Å². The number of unbranched alkanes of at least 4 members (excludes halogenated alkanes) is 2. The molecule has 0 saturated carbocycles. The number of carbonyl (C=O) groups excluding carboxylic acids is 2. The van der Waals surface area contributed by atoms with Crippen molar-refractivity contribution in [2.24, 2.45) is 5.73 Å². The Kier molecular flexibility index (Phi) is 37.5. The maximum absolute atomic E-state index is 12.5. The van der Waals surface area contributed by atoms with Gasteiger partial charge in [-0.3, -0.25) is 18.6 Å². The molecule has 0 rings (SSSR count). The largest absolute Gasteiger partial charge is 0.472 e. The van der Waals surface area contributed by atoms with Gasteiger partial charge in [-0.1, -0.05) is 135 Å². The molecular formula is C45H70NO8P. The zero-order valence-corrected chi connectivity index (χ0v) is 34.5. The zero-order chi connectivity index (χ0) is 40.3. The Balaban J connectivity index is 4.42. The van der Waals surface area contributed by atoms with Gasteiger partial charge in [0, 0.05) is 19.4 Å². The van der Waals surface area contributed by atoms with E-state index in [4.69, 9.17) is 24.3 Å². The summed E-state index contributed by atoms with van der Waals surface area (Å²) in [5.74, 6) is -0.992. The van der Waals surface area contributed by atoms with Crippen molar-refractivity contribution in [2.45, 2.75) is 123 Å². The van der Waals surface area contributed by atoms with E-state index in [0.717, 1.165) is 77.0 Å². The van der Waals surface area contributed by atoms with Gasteiger partial charge in [0.1, 0.15) is 6.61 Å². The van der Waals surface area contributed by atoms with Crippen LogP contribution in [0.4, 0.5) is 0 Å². The van der Waals surface area contributed by atoms with E-state index in [1.54, 1.807) is 0 Å². The third kappa shape index (κ3) is 39.9. The van der Waals surface area contributed by atoms with Gasteiger partial charge in [0.25, 0.3) is 0 Å². The molecule has 0 fully saturated rings. The molecule has 9 nitrogen and oxygen atoms in total. The van der Waals surface area contributed by atoms with Gasteiger partial charge in [-0.2, -0.15) is 0 Å². The number of carbonyl (C=O) groups is 2. The van der Waals surface area contributed by atoms with Crippen LogP contribution in [0, 0.1) is 0 Å². The van der Waals surface area contributed by atoms with Crippen molar-refractivity contribution in [1.82, 2.24) is 0 Å². The monoisotopic (exact) mass is 783 g/mol. The lowest BCUT2D eigenvalue weighted by Gasteiger charge is -2.19. The lowest BCUT2D eigenvalue weighted by atomic mass is 10.2. The van der Waals surface area contributed by atoms with Crippen molar-refractivity contribution in [1.29, 1.82) is 0 Å². The summed E-state index contributed by atoms with van der Waals surface area (Å²) in [6, 6.07) is 0. The second kappa shape index (κ2) is 40.1. The van der Waals surface area contributed by atoms with E-state index in [0.29, 0.717) is 12.8 Å². The molecule has 0 heterocycles. The smallest absolute Gasteiger partial charge is 0.462 e. The summed E-state index contributed by atoms with van der Waals surface area (Å²) in [7, 11) is -4.41. The third-order valence-electron chi connectivity index (χ3n) is 7.36. The fourth-order valence-corrected chi connectivity index (χ4v) is 5.24. The van der Waals surface area contributed by atoms with Crippen LogP contribution in [0.5, 0.6) is 0 Å². The van der Waals surface area contributed by atoms with Crippen molar-refractivity contribution >= 4 is 19.8 Å². The molecule has 0 aromatic rings. The molecule has 0 aromatic carbocycles. The van der Waals surface area contributed by atoms with Gasteiger partial charge in [-0.25, -0.2) is 4.57 Å². The van der Waals surface area contributed by atoms with E-state index in [1.165, 1.54) is 0 Å². The van der Waals surface area contributed by atoms with Crippen molar-refractivity contribution in [3.05, 3.63) is 122 Å². The summed E-state index contributed by atoms with van der Waals surface area (Å²) < 4.78 is 32.6. The molecule has 3 N–H and O–H groups in total. The normalized spacial score (nSPS) is 14.6. The van der Waals surface area contributed by atoms with E-state index in [9.17, 15) is 19.0 Å². The Morgan fingerprint density at radius 3 is 1.40 bits per heavy atom. The van der Waals surface area contributed by atoms with Crippen LogP contribution in [0.3, 0.4) is 0 Å². The summed E-state index contributed by atoms with van der Waals surface area (Å²) in [5, 5.41) is 0. The average Bonchev–Trinajstić information content (AvgIpc) is 3.17. The highest BCUT2D eigenvalue weighted by molar-refractivity contribution is 7.47. The van der Waals surface area contributed by atoms with Gasteiger partial charge in [-0.15, -0.1) is 0 Å². The Labute approximate surface area is 332 Å². The molecule has 0 aliphatic heterocycles. The van der Waals surface area contributed by atoms with Crippen LogP contribution in [-0.4, -0.2) is 49.3 Å². The summed E-state index contributed by atoms with van der Waals surface area (Å²) in [6.07, 6.45) is 53.9. The van der Waals surface area contributed by atoms with Gasteiger partial charge in [0.15, 0.2) is 6.10 Å². The predicted octanol–water partition coefficient (Wildman–Crippen LogP) is 11.4. The number of ether oxygens (including phenoxy) is 2. The molecule has 1 unspecified atom stereocenters. The van der Waals surface area contributed by atoms with E-state index >= 15 is 0 Å². The predicted molar refractivity (Wildman–Crippen MR) is 228 cm³/mol. The minimum absolute atomic E-state index is 0.0294. The Morgan fingerprint density at radius 2 is 0.964 bits per heavy atom. The number of rotatable bonds is 35. The first-order chi connectivity index (χ1) is 26.8. The molecule has 0 spiro atoms. The van der Waals surface area contributed by atoms with Crippen LogP contribution >= 0.6 is 7.82 Å². The molecule has 0 bridgehead atoms. The summed E-state index contributed by atoms with van der Waals surface area (Å²) in [4.78, 5) is 34.7. The topological polar surface area (TPSA) is 134 Å². The molecular weight excluding hydrogens is 713 g/mol. The second-order valence-electron chi connectivity index (χ2n) is 12.4. The molecule has 0 saturated heterocycles. The highest BCUT2D eigenvalue weighted by Crippen LogP contribution is 2.43. The van der Waals surface area contributed by atoms with Crippen molar-refractivity contribution < 1.29 is 37.6 Å². The molecule has 0 aliphatic rings. The maximum Gasteiger partial charge on any atom is 0.472 e. The van der Waals surface area contributed by atoms with Crippen molar-refractivity contribution in [2.75, 3.05) is 26.4 Å². The van der Waals surface area contributed by atoms with Crippen molar-refractivity contribution in [3.8, 4) is 0 Å². The van der Waals surface area contributed by atoms with Crippen molar-refractivity contribution in [3.63, 3.8) is 0 Å². The van der Waals surface area contributed by atoms with Crippen LogP contribution in [0.25, 0.3) is 0 Å². The Morgan fingerprint density at radius 1 is 0.545 bits per heavy atom. The van der Waals surface area contributed by atoms with E-state index in [2.05, 4.69) is 123 Å². The minimum Gasteiger partial charge on any atom is -0.462 e. The standard InChI is InChI=1S/C45H70NO8P/c1-3-5-7-9-11-13-15-17-19-20-21-22-24-25-27-29-31-33-35-37-44(47)51-41-43(42-53-55(49,50)52-40-39-46)54-45(48)38-36-34-32-30-28-26-23-18-16-14-12-10-8-6-4-2/h5-8,11-14,17-19,21-23,25,27-28,30-31,33,43H,3-4,9-10,15-16,20,24,26,29,32,34-42,46H2,1-2H3,(H,49,50)/b7-5+,8-6+,13-11+,14-12+,19-17+,22-21+,23-18+,27-25+,30-28+,33-31+/t43-/m1/s1. The van der Waals surface area contributed by atoms with E-state index in [-0.39, 0.29) is 32.6 Å². The summed E-state index contributed by atoms with van der Waals surface area (Å²) in [6.45, 7) is 3.32. The number of hydrogen-bond acceptors (Lipinski definition) is 8. The highest BCUT2D eigenvalue weighted by atomic mass is 31.2. The summed E-state index contributed by atoms with van der Waals surface area (Å²) >= 11 is 0. The Bertz CT molecular complexity index is 1310. The van der Waals surface area contributed by atoms with Crippen LogP contribution in [0.15, 0.2) is 122 Å². The molecule has 308 valence electrons. The molecule has 0 aliphatic carbocycles. The second-order valence-corrected chi connectivity index (χ2v) is 13.8. The molecule has 2 atom stereocenters. The molecule has 0 radical (unpaired) electrons. The van der Waals surface area contributed by atoms with Crippen LogP contribution in [-0.2, 0) is 32.7 Å². The van der Waals surface area contributed by atoms with E-state index < -0.39 is 32.5 Å². The molecule has 0 amide bonds. The van der Waals surface area contributed by atoms with E-state index in [1.807, 2.05) is 12.2 Å². The average molecular weight is 784 g/mol. The number of esters is 2. The van der Waals surface area contributed by atoms with Crippen LogP contribution < -0.4 is 5.73 Å². The zero-order valence-electron chi connectivity index (χ0n) is 33.6. The number of phosphoric acid groups is 1. The Hall–Kier alpha value is -3.59. The molecule has 10 heteroatoms. The first kappa shape index (κ1) is 51.4. The number of hydrogen-bond donors (Lipinski definition) is 2.